The largest absolute Gasteiger partial charge is 0.377 e. The predicted octanol–water partition coefficient (Wildman–Crippen LogP) is 3.35. The summed E-state index contributed by atoms with van der Waals surface area (Å²) >= 11 is 0. The predicted molar refractivity (Wildman–Crippen MR) is 102 cm³/mol. The van der Waals surface area contributed by atoms with Gasteiger partial charge in [0.1, 0.15) is 5.69 Å². The first-order chi connectivity index (χ1) is 13.4. The second kappa shape index (κ2) is 6.19. The Bertz CT molecular complexity index is 911. The van der Waals surface area contributed by atoms with Crippen LogP contribution in [0.2, 0.25) is 0 Å². The molecule has 5 rings (SSSR count). The minimum atomic E-state index is -2.89. The molecule has 2 aliphatic heterocycles. The Morgan fingerprint density at radius 2 is 1.93 bits per heavy atom. The van der Waals surface area contributed by atoms with Crippen LogP contribution >= 0.6 is 0 Å². The van der Waals surface area contributed by atoms with Crippen LogP contribution < -0.4 is 10.6 Å². The average Bonchev–Trinajstić information content (AvgIpc) is 3.22. The Morgan fingerprint density at radius 1 is 1.18 bits per heavy atom. The third-order valence-electron chi connectivity index (χ3n) is 6.29. The van der Waals surface area contributed by atoms with E-state index >= 15 is 0 Å². The molecule has 148 valence electrons. The minimum Gasteiger partial charge on any atom is -0.377 e. The zero-order chi connectivity index (χ0) is 19.5. The molecule has 0 saturated carbocycles. The fraction of sp³-hybridized carbons (Fsp3) is 0.524. The molecule has 0 unspecified atom stereocenters. The van der Waals surface area contributed by atoms with Crippen LogP contribution in [0.1, 0.15) is 43.0 Å². The molecule has 1 aliphatic carbocycles. The van der Waals surface area contributed by atoms with Gasteiger partial charge >= 0.3 is 0 Å². The van der Waals surface area contributed by atoms with Gasteiger partial charge in [-0.3, -0.25) is 0 Å². The van der Waals surface area contributed by atoms with Crippen molar-refractivity contribution in [2.75, 3.05) is 24.7 Å². The van der Waals surface area contributed by atoms with E-state index in [2.05, 4.69) is 11.9 Å². The van der Waals surface area contributed by atoms with Crippen molar-refractivity contribution in [1.29, 1.82) is 0 Å². The third kappa shape index (κ3) is 2.71. The quantitative estimate of drug-likeness (QED) is 0.876. The summed E-state index contributed by atoms with van der Waals surface area (Å²) in [4.78, 5) is 11.1. The molecule has 0 radical (unpaired) electrons. The number of anilines is 1. The van der Waals surface area contributed by atoms with Crippen LogP contribution in [-0.4, -0.2) is 35.8 Å². The highest BCUT2D eigenvalue weighted by atomic mass is 19.3. The van der Waals surface area contributed by atoms with E-state index in [-0.39, 0.29) is 18.2 Å². The standard InChI is InChI=1S/C21H24F2N4O/c1-13-3-2-10-27(13)19-25-17(16-8-9-21(22,23)18(16)26-19)14-4-6-15(7-5-14)20(24)11-28-12-20/h4-7,13H,2-3,8-12,24H2,1H3/t13-/m0/s1. The Kier molecular flexibility index (Phi) is 3.97. The van der Waals surface area contributed by atoms with Crippen LogP contribution in [0.5, 0.6) is 0 Å². The summed E-state index contributed by atoms with van der Waals surface area (Å²) in [6, 6.07) is 8.03. The topological polar surface area (TPSA) is 64.3 Å². The van der Waals surface area contributed by atoms with Gasteiger partial charge in [0.25, 0.3) is 5.92 Å². The van der Waals surface area contributed by atoms with Crippen LogP contribution in [0.15, 0.2) is 24.3 Å². The maximum atomic E-state index is 14.5. The van der Waals surface area contributed by atoms with Gasteiger partial charge in [0, 0.05) is 30.1 Å². The molecule has 0 bridgehead atoms. The van der Waals surface area contributed by atoms with E-state index in [4.69, 9.17) is 15.5 Å². The zero-order valence-electron chi connectivity index (χ0n) is 15.9. The highest BCUT2D eigenvalue weighted by molar-refractivity contribution is 5.67. The summed E-state index contributed by atoms with van der Waals surface area (Å²) < 4.78 is 34.3. The molecule has 3 heterocycles. The molecule has 3 aliphatic rings. The summed E-state index contributed by atoms with van der Waals surface area (Å²) in [7, 11) is 0. The lowest BCUT2D eigenvalue weighted by atomic mass is 9.88. The van der Waals surface area contributed by atoms with E-state index in [1.807, 2.05) is 29.2 Å². The number of halogens is 2. The molecule has 1 aromatic carbocycles. The molecule has 2 fully saturated rings. The minimum absolute atomic E-state index is 0.0987. The van der Waals surface area contributed by atoms with Gasteiger partial charge in [0.15, 0.2) is 0 Å². The summed E-state index contributed by atoms with van der Waals surface area (Å²) in [5, 5.41) is 0. The van der Waals surface area contributed by atoms with Gasteiger partial charge in [-0.1, -0.05) is 24.3 Å². The number of rotatable bonds is 3. The number of hydrogen-bond acceptors (Lipinski definition) is 5. The van der Waals surface area contributed by atoms with E-state index in [9.17, 15) is 8.78 Å². The van der Waals surface area contributed by atoms with E-state index in [0.717, 1.165) is 30.5 Å². The molecule has 0 amide bonds. The second-order valence-electron chi connectivity index (χ2n) is 8.31. The highest BCUT2D eigenvalue weighted by Gasteiger charge is 2.44. The molecule has 2 N–H and O–H groups in total. The Labute approximate surface area is 162 Å². The SMILES string of the molecule is C[C@H]1CCCN1c1nc(-c2ccc(C3(N)COC3)cc2)c2c(n1)C(F)(F)CC2. The van der Waals surface area contributed by atoms with Crippen LogP contribution in [-0.2, 0) is 22.6 Å². The van der Waals surface area contributed by atoms with E-state index in [1.54, 1.807) is 0 Å². The molecule has 1 aromatic heterocycles. The third-order valence-corrected chi connectivity index (χ3v) is 6.29. The molecular formula is C21H24F2N4O. The van der Waals surface area contributed by atoms with Crippen molar-refractivity contribution in [1.82, 2.24) is 9.97 Å². The van der Waals surface area contributed by atoms with E-state index in [0.29, 0.717) is 36.8 Å². The number of nitrogens with zero attached hydrogens (tertiary/aromatic N) is 3. The van der Waals surface area contributed by atoms with Crippen LogP contribution in [0.3, 0.4) is 0 Å². The number of nitrogens with two attached hydrogens (primary N) is 1. The maximum absolute atomic E-state index is 14.5. The van der Waals surface area contributed by atoms with Crippen molar-refractivity contribution in [3.8, 4) is 11.3 Å². The van der Waals surface area contributed by atoms with E-state index in [1.165, 1.54) is 0 Å². The number of hydrogen-bond donors (Lipinski definition) is 1. The van der Waals surface area contributed by atoms with Gasteiger partial charge < -0.3 is 15.4 Å². The average molecular weight is 386 g/mol. The first kappa shape index (κ1) is 17.9. The highest BCUT2D eigenvalue weighted by Crippen LogP contribution is 2.45. The van der Waals surface area contributed by atoms with Gasteiger partial charge in [-0.25, -0.2) is 9.97 Å². The van der Waals surface area contributed by atoms with E-state index < -0.39 is 11.5 Å². The van der Waals surface area contributed by atoms with Gasteiger partial charge in [-0.15, -0.1) is 0 Å². The van der Waals surface area contributed by atoms with Gasteiger partial charge in [-0.05, 0) is 31.7 Å². The smallest absolute Gasteiger partial charge is 0.290 e. The molecule has 7 heteroatoms. The van der Waals surface area contributed by atoms with Gasteiger partial charge in [0.2, 0.25) is 5.95 Å². The summed E-state index contributed by atoms with van der Waals surface area (Å²) in [6.45, 7) is 3.90. The maximum Gasteiger partial charge on any atom is 0.290 e. The van der Waals surface area contributed by atoms with Crippen molar-refractivity contribution in [3.05, 3.63) is 41.1 Å². The molecule has 5 nitrogen and oxygen atoms in total. The molecule has 0 spiro atoms. The lowest BCUT2D eigenvalue weighted by Crippen LogP contribution is -2.54. The van der Waals surface area contributed by atoms with Crippen LogP contribution in [0.4, 0.5) is 14.7 Å². The molecular weight excluding hydrogens is 362 g/mol. The number of ether oxygens (including phenoxy) is 1. The normalized spacial score (nSPS) is 24.9. The first-order valence-corrected chi connectivity index (χ1v) is 9.91. The Morgan fingerprint density at radius 3 is 2.54 bits per heavy atom. The van der Waals surface area contributed by atoms with Crippen molar-refractivity contribution in [2.24, 2.45) is 5.73 Å². The fourth-order valence-electron chi connectivity index (χ4n) is 4.46. The Hall–Kier alpha value is -2.12. The number of alkyl halides is 2. The van der Waals surface area contributed by atoms with Gasteiger partial charge in [-0.2, -0.15) is 8.78 Å². The summed E-state index contributed by atoms with van der Waals surface area (Å²) in [6.07, 6.45) is 2.15. The second-order valence-corrected chi connectivity index (χ2v) is 8.31. The lowest BCUT2D eigenvalue weighted by Gasteiger charge is -2.38. The number of aromatic nitrogens is 2. The zero-order valence-corrected chi connectivity index (χ0v) is 15.9. The molecule has 2 aromatic rings. The van der Waals surface area contributed by atoms with Crippen LogP contribution in [0.25, 0.3) is 11.3 Å². The van der Waals surface area contributed by atoms with Crippen molar-refractivity contribution < 1.29 is 13.5 Å². The summed E-state index contributed by atoms with van der Waals surface area (Å²) in [5.41, 5.74) is 8.78. The number of fused-ring (bicyclic) bond motifs is 1. The molecule has 2 saturated heterocycles. The van der Waals surface area contributed by atoms with Crippen molar-refractivity contribution >= 4 is 5.95 Å². The lowest BCUT2D eigenvalue weighted by molar-refractivity contribution is -0.0569. The Balaban J connectivity index is 1.59. The first-order valence-electron chi connectivity index (χ1n) is 9.91. The monoisotopic (exact) mass is 386 g/mol. The molecule has 1 atom stereocenters. The molecule has 28 heavy (non-hydrogen) atoms. The van der Waals surface area contributed by atoms with Crippen LogP contribution in [0, 0.1) is 0 Å². The fourth-order valence-corrected chi connectivity index (χ4v) is 4.46. The van der Waals surface area contributed by atoms with Crippen molar-refractivity contribution in [3.63, 3.8) is 0 Å². The van der Waals surface area contributed by atoms with Crippen molar-refractivity contribution in [2.45, 2.75) is 50.1 Å². The summed E-state index contributed by atoms with van der Waals surface area (Å²) in [5.74, 6) is -2.47. The van der Waals surface area contributed by atoms with Gasteiger partial charge in [0.05, 0.1) is 24.4 Å². The number of benzene rings is 1.